The molecule has 8 heteroatoms. The van der Waals surface area contributed by atoms with Gasteiger partial charge in [-0.15, -0.1) is 11.8 Å². The zero-order valence-corrected chi connectivity index (χ0v) is 18.3. The summed E-state index contributed by atoms with van der Waals surface area (Å²) in [6.45, 7) is 5.51. The highest BCUT2D eigenvalue weighted by atomic mass is 32.2. The molecule has 160 valence electrons. The highest BCUT2D eigenvalue weighted by Crippen LogP contribution is 2.43. The third-order valence-electron chi connectivity index (χ3n) is 5.70. The second kappa shape index (κ2) is 10.2. The zero-order chi connectivity index (χ0) is 20.8. The van der Waals surface area contributed by atoms with Gasteiger partial charge >= 0.3 is 0 Å². The first kappa shape index (κ1) is 21.8. The number of quaternary nitrogens is 1. The Morgan fingerprint density at radius 2 is 1.90 bits per heavy atom. The molecule has 0 aromatic heterocycles. The van der Waals surface area contributed by atoms with Gasteiger partial charge in [0.2, 0.25) is 11.8 Å². The molecular weight excluding hydrogens is 390 g/mol. The summed E-state index contributed by atoms with van der Waals surface area (Å²) >= 11 is 1.61. The van der Waals surface area contributed by atoms with Crippen LogP contribution in [0.5, 0.6) is 11.5 Å². The fraction of sp³-hybridized carbons (Fsp3) is 0.619. The standard InChI is InChI=1S/C21H31N3O4S/c1-15(25)24-17(20(26)22-9-12-23-10-5-4-6-11-23)14-29-21(24)16-7-8-18(27-2)19(13-16)28-3/h7-8,13,17,21H,4-6,9-12,14H2,1-3H3,(H,22,26)/p+1/t17-,21-/m0/s1. The Labute approximate surface area is 177 Å². The summed E-state index contributed by atoms with van der Waals surface area (Å²) in [5, 5.41) is 2.85. The van der Waals surface area contributed by atoms with Crippen LogP contribution in [-0.4, -0.2) is 68.9 Å². The SMILES string of the molecule is COc1ccc([C@@H]2SC[C@@H](C(=O)NCC[NH+]3CCCCC3)N2C(C)=O)cc1OC. The number of carbonyl (C=O) groups excluding carboxylic acids is 2. The summed E-state index contributed by atoms with van der Waals surface area (Å²) in [5.41, 5.74) is 0.927. The van der Waals surface area contributed by atoms with Crippen LogP contribution in [0.25, 0.3) is 0 Å². The van der Waals surface area contributed by atoms with E-state index in [2.05, 4.69) is 5.32 Å². The Balaban J connectivity index is 1.64. The Morgan fingerprint density at radius 3 is 2.55 bits per heavy atom. The monoisotopic (exact) mass is 422 g/mol. The minimum Gasteiger partial charge on any atom is -0.493 e. The minimum atomic E-state index is -0.452. The molecule has 1 aromatic carbocycles. The number of benzene rings is 1. The number of likely N-dealkylation sites (tertiary alicyclic amines) is 1. The number of hydrogen-bond donors (Lipinski definition) is 2. The van der Waals surface area contributed by atoms with E-state index in [1.54, 1.807) is 35.8 Å². The van der Waals surface area contributed by atoms with Gasteiger partial charge in [-0.05, 0) is 37.0 Å². The second-order valence-electron chi connectivity index (χ2n) is 7.59. The van der Waals surface area contributed by atoms with Gasteiger partial charge in [0.05, 0.1) is 40.4 Å². The van der Waals surface area contributed by atoms with E-state index in [1.807, 2.05) is 18.2 Å². The molecule has 0 saturated carbocycles. The zero-order valence-electron chi connectivity index (χ0n) is 17.5. The molecule has 0 radical (unpaired) electrons. The van der Waals surface area contributed by atoms with Crippen molar-refractivity contribution in [1.29, 1.82) is 0 Å². The number of ether oxygens (including phenoxy) is 2. The lowest BCUT2D eigenvalue weighted by Gasteiger charge is -2.28. The minimum absolute atomic E-state index is 0.0629. The lowest BCUT2D eigenvalue weighted by Crippen LogP contribution is -3.13. The molecule has 2 aliphatic rings. The molecule has 0 spiro atoms. The van der Waals surface area contributed by atoms with Gasteiger partial charge in [-0.1, -0.05) is 6.07 Å². The van der Waals surface area contributed by atoms with Crippen molar-refractivity contribution in [3.63, 3.8) is 0 Å². The molecule has 0 aliphatic carbocycles. The number of amides is 2. The van der Waals surface area contributed by atoms with Crippen LogP contribution in [0.1, 0.15) is 37.1 Å². The van der Waals surface area contributed by atoms with Gasteiger partial charge in [0.1, 0.15) is 11.4 Å². The van der Waals surface area contributed by atoms with E-state index in [1.165, 1.54) is 39.3 Å². The Morgan fingerprint density at radius 1 is 1.17 bits per heavy atom. The fourth-order valence-electron chi connectivity index (χ4n) is 4.14. The largest absolute Gasteiger partial charge is 0.493 e. The first-order valence-electron chi connectivity index (χ1n) is 10.3. The number of nitrogens with one attached hydrogen (secondary N) is 2. The number of carbonyl (C=O) groups is 2. The smallest absolute Gasteiger partial charge is 0.243 e. The second-order valence-corrected chi connectivity index (χ2v) is 8.71. The van der Waals surface area contributed by atoms with E-state index in [-0.39, 0.29) is 17.2 Å². The van der Waals surface area contributed by atoms with Crippen LogP contribution in [-0.2, 0) is 9.59 Å². The van der Waals surface area contributed by atoms with Crippen molar-refractivity contribution in [3.8, 4) is 11.5 Å². The van der Waals surface area contributed by atoms with E-state index >= 15 is 0 Å². The van der Waals surface area contributed by atoms with Crippen LogP contribution in [0.15, 0.2) is 18.2 Å². The summed E-state index contributed by atoms with van der Waals surface area (Å²) in [7, 11) is 3.18. The molecule has 2 heterocycles. The first-order valence-corrected chi connectivity index (χ1v) is 11.3. The Kier molecular flexibility index (Phi) is 7.66. The van der Waals surface area contributed by atoms with Gasteiger partial charge in [0, 0.05) is 12.7 Å². The molecule has 7 nitrogen and oxygen atoms in total. The van der Waals surface area contributed by atoms with Crippen molar-refractivity contribution < 1.29 is 24.0 Å². The fourth-order valence-corrected chi connectivity index (χ4v) is 5.61. The number of piperidine rings is 1. The highest BCUT2D eigenvalue weighted by Gasteiger charge is 2.41. The van der Waals surface area contributed by atoms with Crippen LogP contribution in [0.4, 0.5) is 0 Å². The molecule has 2 atom stereocenters. The number of hydrogen-bond acceptors (Lipinski definition) is 5. The van der Waals surface area contributed by atoms with Crippen molar-refractivity contribution in [2.24, 2.45) is 0 Å². The average molecular weight is 423 g/mol. The number of methoxy groups -OCH3 is 2. The van der Waals surface area contributed by atoms with Crippen molar-refractivity contribution in [2.45, 2.75) is 37.6 Å². The van der Waals surface area contributed by atoms with Crippen LogP contribution < -0.4 is 19.7 Å². The predicted octanol–water partition coefficient (Wildman–Crippen LogP) is 0.851. The maximum atomic E-state index is 12.8. The molecule has 2 amide bonds. The molecule has 29 heavy (non-hydrogen) atoms. The van der Waals surface area contributed by atoms with E-state index < -0.39 is 6.04 Å². The van der Waals surface area contributed by atoms with Gasteiger partial charge in [-0.3, -0.25) is 9.59 Å². The lowest BCUT2D eigenvalue weighted by molar-refractivity contribution is -0.903. The molecule has 0 bridgehead atoms. The third kappa shape index (κ3) is 5.17. The van der Waals surface area contributed by atoms with Crippen LogP contribution in [0.2, 0.25) is 0 Å². The summed E-state index contributed by atoms with van der Waals surface area (Å²) in [6, 6.07) is 5.19. The average Bonchev–Trinajstić information content (AvgIpc) is 3.19. The third-order valence-corrected chi connectivity index (χ3v) is 7.02. The number of thioether (sulfide) groups is 1. The van der Waals surface area contributed by atoms with Crippen LogP contribution >= 0.6 is 11.8 Å². The molecule has 2 N–H and O–H groups in total. The molecule has 3 rings (SSSR count). The van der Waals surface area contributed by atoms with Gasteiger partial charge in [0.15, 0.2) is 11.5 Å². The topological polar surface area (TPSA) is 72.3 Å². The summed E-state index contributed by atoms with van der Waals surface area (Å²) in [4.78, 5) is 28.5. The first-order chi connectivity index (χ1) is 14.0. The van der Waals surface area contributed by atoms with E-state index in [0.29, 0.717) is 23.8 Å². The Bertz CT molecular complexity index is 724. The molecule has 2 aliphatic heterocycles. The maximum absolute atomic E-state index is 12.8. The predicted molar refractivity (Wildman–Crippen MR) is 113 cm³/mol. The van der Waals surface area contributed by atoms with Crippen molar-refractivity contribution >= 4 is 23.6 Å². The summed E-state index contributed by atoms with van der Waals surface area (Å²) in [6.07, 6.45) is 3.86. The normalized spacial score (nSPS) is 22.4. The molecule has 1 aromatic rings. The summed E-state index contributed by atoms with van der Waals surface area (Å²) in [5.74, 6) is 1.68. The van der Waals surface area contributed by atoms with Crippen LogP contribution in [0, 0.1) is 0 Å². The van der Waals surface area contributed by atoms with E-state index in [0.717, 1.165) is 12.1 Å². The number of nitrogens with zero attached hydrogens (tertiary/aromatic N) is 1. The highest BCUT2D eigenvalue weighted by molar-refractivity contribution is 7.99. The lowest BCUT2D eigenvalue weighted by atomic mass is 10.1. The van der Waals surface area contributed by atoms with Crippen molar-refractivity contribution in [2.75, 3.05) is 46.2 Å². The van der Waals surface area contributed by atoms with Crippen molar-refractivity contribution in [1.82, 2.24) is 10.2 Å². The van der Waals surface area contributed by atoms with Gasteiger partial charge in [-0.25, -0.2) is 0 Å². The molecular formula is C21H32N3O4S+. The van der Waals surface area contributed by atoms with Crippen LogP contribution in [0.3, 0.4) is 0 Å². The van der Waals surface area contributed by atoms with Crippen molar-refractivity contribution in [3.05, 3.63) is 23.8 Å². The Hall–Kier alpha value is -1.93. The molecule has 0 unspecified atom stereocenters. The van der Waals surface area contributed by atoms with Gasteiger partial charge in [0.25, 0.3) is 0 Å². The quantitative estimate of drug-likeness (QED) is 0.682. The van der Waals surface area contributed by atoms with Gasteiger partial charge in [-0.2, -0.15) is 0 Å². The van der Waals surface area contributed by atoms with E-state index in [9.17, 15) is 9.59 Å². The van der Waals surface area contributed by atoms with E-state index in [4.69, 9.17) is 9.47 Å². The maximum Gasteiger partial charge on any atom is 0.243 e. The molecule has 2 fully saturated rings. The molecule has 2 saturated heterocycles. The summed E-state index contributed by atoms with van der Waals surface area (Å²) < 4.78 is 10.7. The van der Waals surface area contributed by atoms with Gasteiger partial charge < -0.3 is 24.6 Å². The number of rotatable bonds is 7.